The Bertz CT molecular complexity index is 265. The molecule has 0 saturated carbocycles. The molecule has 1 heterocycles. The third kappa shape index (κ3) is 2.84. The molecule has 1 aliphatic heterocycles. The topological polar surface area (TPSA) is 60.9 Å². The van der Waals surface area contributed by atoms with Crippen molar-refractivity contribution in [1.29, 1.82) is 0 Å². The third-order valence-electron chi connectivity index (χ3n) is 2.55. The van der Waals surface area contributed by atoms with Crippen LogP contribution in [0.1, 0.15) is 20.3 Å². The van der Waals surface area contributed by atoms with Crippen LogP contribution in [0.3, 0.4) is 0 Å². The minimum Gasteiger partial charge on any atom is -0.481 e. The normalized spacial score (nSPS) is 21.6. The minimum absolute atomic E-state index is 0.0246. The highest BCUT2D eigenvalue weighted by Gasteiger charge is 2.35. The summed E-state index contributed by atoms with van der Waals surface area (Å²) in [5.41, 5.74) is 0. The fraction of sp³-hybridized carbons (Fsp3) is 0.800. The monoisotopic (exact) mass is 214 g/mol. The molecule has 0 bridgehead atoms. The third-order valence-corrected chi connectivity index (χ3v) is 2.55. The standard InChI is InChI=1S/C10H18N2O3/c1-7(2)5-12-6-8(4-9(13)14)11(3)10(12)15/h7-8H,4-6H2,1-3H3,(H,13,14). The predicted molar refractivity (Wildman–Crippen MR) is 55.6 cm³/mol. The summed E-state index contributed by atoms with van der Waals surface area (Å²) in [6.07, 6.45) is 0.0246. The van der Waals surface area contributed by atoms with E-state index in [0.717, 1.165) is 0 Å². The van der Waals surface area contributed by atoms with Gasteiger partial charge in [0.15, 0.2) is 0 Å². The van der Waals surface area contributed by atoms with Crippen LogP contribution in [0.2, 0.25) is 0 Å². The molecular formula is C10H18N2O3. The molecule has 1 unspecified atom stereocenters. The lowest BCUT2D eigenvalue weighted by atomic mass is 10.2. The zero-order chi connectivity index (χ0) is 11.6. The maximum absolute atomic E-state index is 11.7. The molecule has 5 nitrogen and oxygen atoms in total. The number of urea groups is 1. The van der Waals surface area contributed by atoms with Crippen molar-refractivity contribution in [2.45, 2.75) is 26.3 Å². The number of hydrogen-bond acceptors (Lipinski definition) is 2. The lowest BCUT2D eigenvalue weighted by Gasteiger charge is -2.17. The summed E-state index contributed by atoms with van der Waals surface area (Å²) < 4.78 is 0. The van der Waals surface area contributed by atoms with Gasteiger partial charge in [-0.05, 0) is 5.92 Å². The van der Waals surface area contributed by atoms with Crippen molar-refractivity contribution in [3.8, 4) is 0 Å². The van der Waals surface area contributed by atoms with Crippen LogP contribution in [-0.4, -0.2) is 53.1 Å². The first-order valence-electron chi connectivity index (χ1n) is 5.15. The smallest absolute Gasteiger partial charge is 0.320 e. The van der Waals surface area contributed by atoms with Gasteiger partial charge in [-0.3, -0.25) is 4.79 Å². The van der Waals surface area contributed by atoms with Gasteiger partial charge >= 0.3 is 12.0 Å². The molecule has 1 N–H and O–H groups in total. The second kappa shape index (κ2) is 4.51. The maximum atomic E-state index is 11.7. The number of carbonyl (C=O) groups is 2. The van der Waals surface area contributed by atoms with E-state index in [-0.39, 0.29) is 18.5 Å². The highest BCUT2D eigenvalue weighted by molar-refractivity contribution is 5.78. The van der Waals surface area contributed by atoms with Crippen LogP contribution in [-0.2, 0) is 4.79 Å². The van der Waals surface area contributed by atoms with Gasteiger partial charge in [-0.25, -0.2) is 4.79 Å². The van der Waals surface area contributed by atoms with Crippen LogP contribution < -0.4 is 0 Å². The number of hydrogen-bond donors (Lipinski definition) is 1. The summed E-state index contributed by atoms with van der Waals surface area (Å²) in [7, 11) is 1.66. The van der Waals surface area contributed by atoms with Crippen LogP contribution in [0.4, 0.5) is 4.79 Å². The van der Waals surface area contributed by atoms with E-state index in [0.29, 0.717) is 19.0 Å². The van der Waals surface area contributed by atoms with Crippen molar-refractivity contribution in [2.24, 2.45) is 5.92 Å². The Morgan fingerprint density at radius 3 is 2.67 bits per heavy atom. The first-order valence-corrected chi connectivity index (χ1v) is 5.15. The highest BCUT2D eigenvalue weighted by Crippen LogP contribution is 2.17. The molecule has 0 aromatic heterocycles. The van der Waals surface area contributed by atoms with E-state index >= 15 is 0 Å². The molecule has 1 atom stereocenters. The Morgan fingerprint density at radius 2 is 2.20 bits per heavy atom. The van der Waals surface area contributed by atoms with Crippen LogP contribution in [0.5, 0.6) is 0 Å². The van der Waals surface area contributed by atoms with Crippen molar-refractivity contribution >= 4 is 12.0 Å². The molecule has 1 fully saturated rings. The van der Waals surface area contributed by atoms with Crippen molar-refractivity contribution < 1.29 is 14.7 Å². The van der Waals surface area contributed by atoms with E-state index in [2.05, 4.69) is 0 Å². The first-order chi connectivity index (χ1) is 6.91. The number of aliphatic carboxylic acids is 1. The van der Waals surface area contributed by atoms with Crippen LogP contribution >= 0.6 is 0 Å². The lowest BCUT2D eigenvalue weighted by molar-refractivity contribution is -0.137. The van der Waals surface area contributed by atoms with Gasteiger partial charge < -0.3 is 14.9 Å². The van der Waals surface area contributed by atoms with Gasteiger partial charge in [-0.1, -0.05) is 13.8 Å². The van der Waals surface area contributed by atoms with Gasteiger partial charge in [-0.2, -0.15) is 0 Å². The molecule has 1 aliphatic rings. The number of carbonyl (C=O) groups excluding carboxylic acids is 1. The summed E-state index contributed by atoms with van der Waals surface area (Å²) in [5.74, 6) is -0.447. The van der Waals surface area contributed by atoms with Gasteiger partial charge in [0.05, 0.1) is 12.5 Å². The molecule has 0 aliphatic carbocycles. The second-order valence-electron chi connectivity index (χ2n) is 4.44. The summed E-state index contributed by atoms with van der Waals surface area (Å²) in [4.78, 5) is 25.5. The molecule has 2 amide bonds. The Balaban J connectivity index is 2.59. The number of nitrogens with zero attached hydrogens (tertiary/aromatic N) is 2. The molecular weight excluding hydrogens is 196 g/mol. The molecule has 86 valence electrons. The average Bonchev–Trinajstić information content (AvgIpc) is 2.32. The molecule has 0 aromatic carbocycles. The van der Waals surface area contributed by atoms with Crippen molar-refractivity contribution in [3.05, 3.63) is 0 Å². The highest BCUT2D eigenvalue weighted by atomic mass is 16.4. The largest absolute Gasteiger partial charge is 0.481 e. The molecule has 1 saturated heterocycles. The Labute approximate surface area is 89.7 Å². The van der Waals surface area contributed by atoms with Gasteiger partial charge in [0, 0.05) is 20.1 Å². The molecule has 0 spiro atoms. The fourth-order valence-electron chi connectivity index (χ4n) is 1.83. The lowest BCUT2D eigenvalue weighted by Crippen LogP contribution is -2.33. The van der Waals surface area contributed by atoms with E-state index in [1.807, 2.05) is 13.8 Å². The van der Waals surface area contributed by atoms with E-state index < -0.39 is 5.97 Å². The number of rotatable bonds is 4. The zero-order valence-corrected chi connectivity index (χ0v) is 9.43. The number of carboxylic acids is 1. The predicted octanol–water partition coefficient (Wildman–Crippen LogP) is 0.853. The quantitative estimate of drug-likeness (QED) is 0.754. The second-order valence-corrected chi connectivity index (χ2v) is 4.44. The number of likely N-dealkylation sites (N-methyl/N-ethyl adjacent to an activating group) is 1. The Morgan fingerprint density at radius 1 is 1.60 bits per heavy atom. The van der Waals surface area contributed by atoms with Gasteiger partial charge in [0.25, 0.3) is 0 Å². The minimum atomic E-state index is -0.856. The molecule has 15 heavy (non-hydrogen) atoms. The molecule has 0 aromatic rings. The molecule has 1 rings (SSSR count). The van der Waals surface area contributed by atoms with Crippen LogP contribution in [0, 0.1) is 5.92 Å². The van der Waals surface area contributed by atoms with E-state index in [1.54, 1.807) is 11.9 Å². The van der Waals surface area contributed by atoms with Gasteiger partial charge in [0.1, 0.15) is 0 Å². The maximum Gasteiger partial charge on any atom is 0.320 e. The van der Waals surface area contributed by atoms with Crippen LogP contribution in [0.15, 0.2) is 0 Å². The zero-order valence-electron chi connectivity index (χ0n) is 9.43. The van der Waals surface area contributed by atoms with E-state index in [4.69, 9.17) is 5.11 Å². The number of carboxylic acid groups (broad SMARTS) is 1. The molecule has 5 heteroatoms. The van der Waals surface area contributed by atoms with Crippen molar-refractivity contribution in [3.63, 3.8) is 0 Å². The Kier molecular flexibility index (Phi) is 3.55. The van der Waals surface area contributed by atoms with Gasteiger partial charge in [-0.15, -0.1) is 0 Å². The van der Waals surface area contributed by atoms with E-state index in [9.17, 15) is 9.59 Å². The van der Waals surface area contributed by atoms with Crippen molar-refractivity contribution in [1.82, 2.24) is 9.80 Å². The first kappa shape index (κ1) is 11.8. The van der Waals surface area contributed by atoms with Gasteiger partial charge in [0.2, 0.25) is 0 Å². The summed E-state index contributed by atoms with van der Waals surface area (Å²) in [5, 5.41) is 8.69. The fourth-order valence-corrected chi connectivity index (χ4v) is 1.83. The number of amides is 2. The van der Waals surface area contributed by atoms with E-state index in [1.165, 1.54) is 4.90 Å². The summed E-state index contributed by atoms with van der Waals surface area (Å²) in [6, 6.07) is -0.247. The summed E-state index contributed by atoms with van der Waals surface area (Å²) >= 11 is 0. The Hall–Kier alpha value is -1.26. The SMILES string of the molecule is CC(C)CN1CC(CC(=O)O)N(C)C1=O. The van der Waals surface area contributed by atoms with Crippen molar-refractivity contribution in [2.75, 3.05) is 20.1 Å². The summed E-state index contributed by atoms with van der Waals surface area (Å²) in [6.45, 7) is 5.30. The average molecular weight is 214 g/mol. The van der Waals surface area contributed by atoms with Crippen LogP contribution in [0.25, 0.3) is 0 Å². The molecule has 0 radical (unpaired) electrons.